The Morgan fingerprint density at radius 3 is 2.60 bits per heavy atom. The molecular formula is C16H16BrN3. The highest BCUT2D eigenvalue weighted by molar-refractivity contribution is 9.10. The number of aryl methyl sites for hydroxylation is 1. The lowest BCUT2D eigenvalue weighted by molar-refractivity contribution is 0.567. The average molecular weight is 330 g/mol. The van der Waals surface area contributed by atoms with Gasteiger partial charge in [0.05, 0.1) is 16.6 Å². The van der Waals surface area contributed by atoms with Crippen molar-refractivity contribution in [3.05, 3.63) is 63.9 Å². The van der Waals surface area contributed by atoms with Gasteiger partial charge in [0.15, 0.2) is 0 Å². The molecule has 1 unspecified atom stereocenters. The lowest BCUT2D eigenvalue weighted by Gasteiger charge is -2.22. The van der Waals surface area contributed by atoms with Crippen molar-refractivity contribution in [1.29, 1.82) is 0 Å². The summed E-state index contributed by atoms with van der Waals surface area (Å²) < 4.78 is 1.04. The van der Waals surface area contributed by atoms with Crippen LogP contribution in [0.2, 0.25) is 0 Å². The predicted octanol–water partition coefficient (Wildman–Crippen LogP) is 3.86. The SMILES string of the molecule is Cc1cc(Br)cc2[nH]c(C(C)(N)c3ccccc3)nc12. The van der Waals surface area contributed by atoms with Gasteiger partial charge in [0.1, 0.15) is 5.82 Å². The molecule has 3 nitrogen and oxygen atoms in total. The van der Waals surface area contributed by atoms with Gasteiger partial charge in [-0.15, -0.1) is 0 Å². The molecule has 0 saturated heterocycles. The smallest absolute Gasteiger partial charge is 0.131 e. The number of aromatic nitrogens is 2. The second-order valence-electron chi connectivity index (χ2n) is 5.27. The zero-order valence-corrected chi connectivity index (χ0v) is 13.0. The molecule has 102 valence electrons. The molecule has 0 aliphatic carbocycles. The molecule has 1 heterocycles. The largest absolute Gasteiger partial charge is 0.340 e. The molecule has 3 aromatic rings. The van der Waals surface area contributed by atoms with Gasteiger partial charge in [0.25, 0.3) is 0 Å². The fraction of sp³-hybridized carbons (Fsp3) is 0.188. The molecule has 4 heteroatoms. The van der Waals surface area contributed by atoms with Crippen LogP contribution in [0.5, 0.6) is 0 Å². The van der Waals surface area contributed by atoms with Crippen molar-refractivity contribution in [2.75, 3.05) is 0 Å². The molecule has 0 aliphatic heterocycles. The van der Waals surface area contributed by atoms with Crippen molar-refractivity contribution in [3.8, 4) is 0 Å². The monoisotopic (exact) mass is 329 g/mol. The summed E-state index contributed by atoms with van der Waals surface area (Å²) in [5, 5.41) is 0. The van der Waals surface area contributed by atoms with E-state index in [4.69, 9.17) is 10.7 Å². The standard InChI is InChI=1S/C16H16BrN3/c1-10-8-12(17)9-13-14(10)20-15(19-13)16(2,18)11-6-4-3-5-7-11/h3-9H,18H2,1-2H3,(H,19,20). The van der Waals surface area contributed by atoms with Gasteiger partial charge in [-0.1, -0.05) is 46.3 Å². The second kappa shape index (κ2) is 4.72. The van der Waals surface area contributed by atoms with Crippen LogP contribution in [0.25, 0.3) is 11.0 Å². The average Bonchev–Trinajstić information content (AvgIpc) is 2.84. The number of hydrogen-bond donors (Lipinski definition) is 2. The van der Waals surface area contributed by atoms with Crippen molar-refractivity contribution >= 4 is 27.0 Å². The third kappa shape index (κ3) is 2.15. The van der Waals surface area contributed by atoms with E-state index in [1.165, 1.54) is 0 Å². The summed E-state index contributed by atoms with van der Waals surface area (Å²) in [4.78, 5) is 8.05. The van der Waals surface area contributed by atoms with E-state index in [-0.39, 0.29) is 0 Å². The highest BCUT2D eigenvalue weighted by Crippen LogP contribution is 2.28. The minimum atomic E-state index is -0.640. The number of nitrogens with two attached hydrogens (primary N) is 1. The first-order valence-corrected chi connectivity index (χ1v) is 7.28. The van der Waals surface area contributed by atoms with Crippen LogP contribution in [0.3, 0.4) is 0 Å². The minimum absolute atomic E-state index is 0.640. The summed E-state index contributed by atoms with van der Waals surface area (Å²) in [5.74, 6) is 0.778. The first kappa shape index (κ1) is 13.3. The van der Waals surface area contributed by atoms with Gasteiger partial charge in [-0.05, 0) is 37.1 Å². The van der Waals surface area contributed by atoms with Crippen LogP contribution in [0.1, 0.15) is 23.9 Å². The molecule has 0 radical (unpaired) electrons. The van der Waals surface area contributed by atoms with E-state index in [1.807, 2.05) is 50.2 Å². The summed E-state index contributed by atoms with van der Waals surface area (Å²) >= 11 is 3.51. The topological polar surface area (TPSA) is 54.7 Å². The number of nitrogens with zero attached hydrogens (tertiary/aromatic N) is 1. The Bertz CT molecular complexity index is 760. The van der Waals surface area contributed by atoms with E-state index in [0.717, 1.165) is 32.5 Å². The van der Waals surface area contributed by atoms with Gasteiger partial charge >= 0.3 is 0 Å². The third-order valence-corrected chi connectivity index (χ3v) is 4.07. The lowest BCUT2D eigenvalue weighted by atomic mass is 9.92. The lowest BCUT2D eigenvalue weighted by Crippen LogP contribution is -2.35. The van der Waals surface area contributed by atoms with E-state index >= 15 is 0 Å². The number of nitrogens with one attached hydrogen (secondary N) is 1. The maximum absolute atomic E-state index is 6.51. The summed E-state index contributed by atoms with van der Waals surface area (Å²) in [7, 11) is 0. The molecule has 0 saturated carbocycles. The number of benzene rings is 2. The van der Waals surface area contributed by atoms with E-state index in [1.54, 1.807) is 0 Å². The summed E-state index contributed by atoms with van der Waals surface area (Å²) in [6.45, 7) is 4.03. The van der Waals surface area contributed by atoms with Crippen LogP contribution in [-0.4, -0.2) is 9.97 Å². The molecule has 0 aliphatic rings. The summed E-state index contributed by atoms with van der Waals surface area (Å²) in [6, 6.07) is 14.1. The first-order valence-electron chi connectivity index (χ1n) is 6.49. The fourth-order valence-electron chi connectivity index (χ4n) is 2.41. The number of hydrogen-bond acceptors (Lipinski definition) is 2. The van der Waals surface area contributed by atoms with Gasteiger partial charge in [0, 0.05) is 4.47 Å². The van der Waals surface area contributed by atoms with E-state index < -0.39 is 5.54 Å². The molecule has 0 spiro atoms. The Morgan fingerprint density at radius 1 is 1.20 bits per heavy atom. The van der Waals surface area contributed by atoms with Crippen LogP contribution >= 0.6 is 15.9 Å². The Morgan fingerprint density at radius 2 is 1.90 bits per heavy atom. The highest BCUT2D eigenvalue weighted by Gasteiger charge is 2.27. The molecular weight excluding hydrogens is 314 g/mol. The quantitative estimate of drug-likeness (QED) is 0.750. The summed E-state index contributed by atoms with van der Waals surface area (Å²) in [5.41, 5.74) is 10.00. The van der Waals surface area contributed by atoms with Gasteiger partial charge < -0.3 is 10.7 Å². The van der Waals surface area contributed by atoms with Gasteiger partial charge in [0.2, 0.25) is 0 Å². The Balaban J connectivity index is 2.17. The van der Waals surface area contributed by atoms with Crippen molar-refractivity contribution in [2.45, 2.75) is 19.4 Å². The van der Waals surface area contributed by atoms with Crippen LogP contribution in [0.15, 0.2) is 46.9 Å². The van der Waals surface area contributed by atoms with Crippen molar-refractivity contribution < 1.29 is 0 Å². The minimum Gasteiger partial charge on any atom is -0.340 e. The van der Waals surface area contributed by atoms with Gasteiger partial charge in [-0.25, -0.2) is 4.98 Å². The maximum Gasteiger partial charge on any atom is 0.131 e. The Labute approximate surface area is 126 Å². The van der Waals surface area contributed by atoms with Crippen LogP contribution < -0.4 is 5.73 Å². The number of aromatic amines is 1. The van der Waals surface area contributed by atoms with Gasteiger partial charge in [-0.2, -0.15) is 0 Å². The Hall–Kier alpha value is -1.65. The van der Waals surface area contributed by atoms with Crippen LogP contribution in [0.4, 0.5) is 0 Å². The molecule has 2 aromatic carbocycles. The van der Waals surface area contributed by atoms with E-state index in [2.05, 4.69) is 27.0 Å². The van der Waals surface area contributed by atoms with Crippen molar-refractivity contribution in [1.82, 2.24) is 9.97 Å². The number of halogens is 1. The zero-order valence-electron chi connectivity index (χ0n) is 11.4. The number of H-pyrrole nitrogens is 1. The number of fused-ring (bicyclic) bond motifs is 1. The van der Waals surface area contributed by atoms with Crippen LogP contribution in [-0.2, 0) is 5.54 Å². The number of rotatable bonds is 2. The predicted molar refractivity (Wildman–Crippen MR) is 85.6 cm³/mol. The van der Waals surface area contributed by atoms with E-state index in [0.29, 0.717) is 0 Å². The van der Waals surface area contributed by atoms with Crippen LogP contribution in [0, 0.1) is 6.92 Å². The fourth-order valence-corrected chi connectivity index (χ4v) is 2.99. The molecule has 3 rings (SSSR count). The molecule has 0 bridgehead atoms. The molecule has 1 aromatic heterocycles. The molecule has 0 amide bonds. The summed E-state index contributed by atoms with van der Waals surface area (Å²) in [6.07, 6.45) is 0. The van der Waals surface area contributed by atoms with Gasteiger partial charge in [-0.3, -0.25) is 0 Å². The highest BCUT2D eigenvalue weighted by atomic mass is 79.9. The van der Waals surface area contributed by atoms with E-state index in [9.17, 15) is 0 Å². The molecule has 20 heavy (non-hydrogen) atoms. The Kier molecular flexibility index (Phi) is 3.15. The van der Waals surface area contributed by atoms with Crippen molar-refractivity contribution in [2.24, 2.45) is 5.73 Å². The van der Waals surface area contributed by atoms with Crippen molar-refractivity contribution in [3.63, 3.8) is 0 Å². The third-order valence-electron chi connectivity index (χ3n) is 3.61. The molecule has 0 fully saturated rings. The maximum atomic E-state index is 6.51. The first-order chi connectivity index (χ1) is 9.48. The molecule has 3 N–H and O–H groups in total. The number of imidazole rings is 1. The second-order valence-corrected chi connectivity index (χ2v) is 6.19. The molecule has 1 atom stereocenters. The zero-order chi connectivity index (χ0) is 14.3. The normalized spacial score (nSPS) is 14.4.